The van der Waals surface area contributed by atoms with Gasteiger partial charge in [-0.15, -0.1) is 0 Å². The third kappa shape index (κ3) is 9.28. The molecule has 0 fully saturated rings. The van der Waals surface area contributed by atoms with Gasteiger partial charge in [0.1, 0.15) is 24.2 Å². The molecule has 12 heteroatoms. The highest BCUT2D eigenvalue weighted by molar-refractivity contribution is 7.98. The molecule has 0 saturated carbocycles. The standard InChI is InChI=1S/C18H34N4O7S/c1-8(2)13(18(28)29)21-17(27)14(10(4)24)22-15(25)11(6-7-30-5)20-16(26)12(19)9(3)23/h8-14,23-24H,6-7,19H2,1-5H3,(H,20,26)(H,21,27)(H,22,25)(H,28,29). The summed E-state index contributed by atoms with van der Waals surface area (Å²) in [4.78, 5) is 48.7. The molecule has 0 rings (SSSR count). The highest BCUT2D eigenvalue weighted by Gasteiger charge is 2.33. The van der Waals surface area contributed by atoms with E-state index in [2.05, 4.69) is 16.0 Å². The molecular formula is C18H34N4O7S. The molecule has 174 valence electrons. The van der Waals surface area contributed by atoms with Crippen molar-refractivity contribution in [2.75, 3.05) is 12.0 Å². The fourth-order valence-corrected chi connectivity index (χ4v) is 2.88. The number of thioether (sulfide) groups is 1. The number of nitrogens with two attached hydrogens (primary N) is 1. The van der Waals surface area contributed by atoms with Crippen LogP contribution in [-0.4, -0.2) is 87.4 Å². The Balaban J connectivity index is 5.38. The molecular weight excluding hydrogens is 416 g/mol. The van der Waals surface area contributed by atoms with Gasteiger partial charge in [0.15, 0.2) is 0 Å². The fraction of sp³-hybridized carbons (Fsp3) is 0.778. The summed E-state index contributed by atoms with van der Waals surface area (Å²) < 4.78 is 0. The van der Waals surface area contributed by atoms with E-state index in [0.717, 1.165) is 0 Å². The van der Waals surface area contributed by atoms with Crippen LogP contribution in [0.4, 0.5) is 0 Å². The van der Waals surface area contributed by atoms with E-state index < -0.39 is 66.0 Å². The predicted molar refractivity (Wildman–Crippen MR) is 113 cm³/mol. The average Bonchev–Trinajstić information content (AvgIpc) is 2.64. The van der Waals surface area contributed by atoms with E-state index >= 15 is 0 Å². The minimum absolute atomic E-state index is 0.211. The number of rotatable bonds is 13. The predicted octanol–water partition coefficient (Wildman–Crippen LogP) is -1.98. The number of aliphatic carboxylic acids is 1. The molecule has 0 bridgehead atoms. The number of hydrogen-bond acceptors (Lipinski definition) is 8. The smallest absolute Gasteiger partial charge is 0.326 e. The lowest BCUT2D eigenvalue weighted by Crippen LogP contribution is -2.60. The van der Waals surface area contributed by atoms with Crippen LogP contribution in [0.5, 0.6) is 0 Å². The van der Waals surface area contributed by atoms with Crippen LogP contribution < -0.4 is 21.7 Å². The molecule has 30 heavy (non-hydrogen) atoms. The second kappa shape index (κ2) is 13.4. The Bertz CT molecular complexity index is 601. The van der Waals surface area contributed by atoms with Crippen LogP contribution in [-0.2, 0) is 19.2 Å². The zero-order valence-electron chi connectivity index (χ0n) is 17.9. The van der Waals surface area contributed by atoms with Crippen LogP contribution in [0.15, 0.2) is 0 Å². The van der Waals surface area contributed by atoms with E-state index in [9.17, 15) is 34.5 Å². The molecule has 0 spiro atoms. The first kappa shape index (κ1) is 28.1. The maximum Gasteiger partial charge on any atom is 0.326 e. The first-order valence-electron chi connectivity index (χ1n) is 9.58. The van der Waals surface area contributed by atoms with Crippen LogP contribution in [0.2, 0.25) is 0 Å². The SMILES string of the molecule is CSCCC(NC(=O)C(N)C(C)O)C(=O)NC(C(=O)NC(C(=O)O)C(C)C)C(C)O. The quantitative estimate of drug-likeness (QED) is 0.167. The summed E-state index contributed by atoms with van der Waals surface area (Å²) >= 11 is 1.43. The van der Waals surface area contributed by atoms with Crippen LogP contribution in [0.3, 0.4) is 0 Å². The summed E-state index contributed by atoms with van der Waals surface area (Å²) in [5, 5.41) is 35.7. The lowest BCUT2D eigenvalue weighted by atomic mass is 10.0. The summed E-state index contributed by atoms with van der Waals surface area (Å²) in [6.45, 7) is 5.82. The van der Waals surface area contributed by atoms with Gasteiger partial charge in [-0.1, -0.05) is 13.8 Å². The van der Waals surface area contributed by atoms with E-state index in [1.165, 1.54) is 25.6 Å². The van der Waals surface area contributed by atoms with Gasteiger partial charge in [-0.3, -0.25) is 14.4 Å². The maximum atomic E-state index is 12.7. The lowest BCUT2D eigenvalue weighted by molar-refractivity contribution is -0.144. The van der Waals surface area contributed by atoms with Crippen molar-refractivity contribution in [2.24, 2.45) is 11.7 Å². The highest BCUT2D eigenvalue weighted by Crippen LogP contribution is 2.06. The molecule has 0 aliphatic heterocycles. The molecule has 3 amide bonds. The largest absolute Gasteiger partial charge is 0.480 e. The lowest BCUT2D eigenvalue weighted by Gasteiger charge is -2.27. The van der Waals surface area contributed by atoms with E-state index in [0.29, 0.717) is 5.75 Å². The van der Waals surface area contributed by atoms with Gasteiger partial charge in [-0.2, -0.15) is 11.8 Å². The Kier molecular flexibility index (Phi) is 12.6. The van der Waals surface area contributed by atoms with Gasteiger partial charge < -0.3 is 37.0 Å². The van der Waals surface area contributed by atoms with Crippen LogP contribution in [0.25, 0.3) is 0 Å². The maximum absolute atomic E-state index is 12.7. The van der Waals surface area contributed by atoms with Crippen molar-refractivity contribution in [3.05, 3.63) is 0 Å². The van der Waals surface area contributed by atoms with Gasteiger partial charge in [0.2, 0.25) is 17.7 Å². The van der Waals surface area contributed by atoms with Gasteiger partial charge in [0, 0.05) is 0 Å². The Hall–Kier alpha value is -1.89. The number of nitrogens with one attached hydrogen (secondary N) is 3. The molecule has 11 nitrogen and oxygen atoms in total. The first-order valence-corrected chi connectivity index (χ1v) is 11.0. The Labute approximate surface area is 180 Å². The second-order valence-electron chi connectivity index (χ2n) is 7.40. The van der Waals surface area contributed by atoms with Crippen molar-refractivity contribution in [1.82, 2.24) is 16.0 Å². The van der Waals surface area contributed by atoms with Crippen LogP contribution in [0.1, 0.15) is 34.1 Å². The number of aliphatic hydroxyl groups excluding tert-OH is 2. The second-order valence-corrected chi connectivity index (χ2v) is 8.39. The van der Waals surface area contributed by atoms with Gasteiger partial charge in [0.05, 0.1) is 12.2 Å². The number of carbonyl (C=O) groups is 4. The summed E-state index contributed by atoms with van der Waals surface area (Å²) in [6, 6.07) is -4.94. The van der Waals surface area contributed by atoms with Crippen molar-refractivity contribution in [1.29, 1.82) is 0 Å². The van der Waals surface area contributed by atoms with Crippen molar-refractivity contribution in [3.63, 3.8) is 0 Å². The number of hydrogen-bond donors (Lipinski definition) is 7. The minimum Gasteiger partial charge on any atom is -0.480 e. The average molecular weight is 451 g/mol. The van der Waals surface area contributed by atoms with Gasteiger partial charge in [-0.25, -0.2) is 4.79 Å². The zero-order valence-corrected chi connectivity index (χ0v) is 18.7. The van der Waals surface area contributed by atoms with E-state index in [-0.39, 0.29) is 6.42 Å². The van der Waals surface area contributed by atoms with Gasteiger partial charge in [0.25, 0.3) is 0 Å². The number of carbonyl (C=O) groups excluding carboxylic acids is 3. The van der Waals surface area contributed by atoms with Crippen LogP contribution >= 0.6 is 11.8 Å². The van der Waals surface area contributed by atoms with Crippen LogP contribution in [0, 0.1) is 5.92 Å². The molecule has 8 N–H and O–H groups in total. The number of amides is 3. The normalized spacial score (nSPS) is 17.2. The molecule has 0 heterocycles. The molecule has 0 aliphatic carbocycles. The van der Waals surface area contributed by atoms with Crippen molar-refractivity contribution < 1.29 is 34.5 Å². The monoisotopic (exact) mass is 450 g/mol. The summed E-state index contributed by atoms with van der Waals surface area (Å²) in [6.07, 6.45) is -0.438. The Morgan fingerprint density at radius 3 is 1.80 bits per heavy atom. The number of carboxylic acids is 1. The topological polar surface area (TPSA) is 191 Å². The van der Waals surface area contributed by atoms with Crippen molar-refractivity contribution in [3.8, 4) is 0 Å². The van der Waals surface area contributed by atoms with Gasteiger partial charge >= 0.3 is 5.97 Å². The van der Waals surface area contributed by atoms with Crippen molar-refractivity contribution >= 4 is 35.5 Å². The molecule has 0 saturated heterocycles. The molecule has 0 aliphatic rings. The van der Waals surface area contributed by atoms with E-state index in [1.807, 2.05) is 6.26 Å². The number of carboxylic acid groups (broad SMARTS) is 1. The third-order valence-corrected chi connectivity index (χ3v) is 5.00. The molecule has 0 aromatic heterocycles. The summed E-state index contributed by atoms with van der Waals surface area (Å²) in [5.41, 5.74) is 5.59. The molecule has 0 radical (unpaired) electrons. The van der Waals surface area contributed by atoms with E-state index in [4.69, 9.17) is 5.73 Å². The fourth-order valence-electron chi connectivity index (χ4n) is 2.41. The molecule has 6 atom stereocenters. The number of aliphatic hydroxyl groups is 2. The highest BCUT2D eigenvalue weighted by atomic mass is 32.2. The first-order chi connectivity index (χ1) is 13.8. The zero-order chi connectivity index (χ0) is 23.6. The molecule has 0 aromatic rings. The summed E-state index contributed by atoms with van der Waals surface area (Å²) in [5.74, 6) is -3.51. The van der Waals surface area contributed by atoms with Crippen molar-refractivity contribution in [2.45, 2.75) is 70.5 Å². The van der Waals surface area contributed by atoms with E-state index in [1.54, 1.807) is 13.8 Å². The third-order valence-electron chi connectivity index (χ3n) is 4.36. The van der Waals surface area contributed by atoms with Gasteiger partial charge in [-0.05, 0) is 38.2 Å². The Morgan fingerprint density at radius 2 is 1.40 bits per heavy atom. The summed E-state index contributed by atoms with van der Waals surface area (Å²) in [7, 11) is 0. The molecule has 0 aromatic carbocycles. The molecule has 6 unspecified atom stereocenters. The Morgan fingerprint density at radius 1 is 0.867 bits per heavy atom. The minimum atomic E-state index is -1.43.